The lowest BCUT2D eigenvalue weighted by atomic mass is 9.93. The second-order valence-electron chi connectivity index (χ2n) is 6.50. The normalized spacial score (nSPS) is 17.0. The summed E-state index contributed by atoms with van der Waals surface area (Å²) in [7, 11) is 0. The first-order valence-electron chi connectivity index (χ1n) is 7.92. The fourth-order valence-corrected chi connectivity index (χ4v) is 2.78. The van der Waals surface area contributed by atoms with E-state index in [0.717, 1.165) is 18.4 Å². The lowest BCUT2D eigenvalue weighted by molar-refractivity contribution is -0.124. The Morgan fingerprint density at radius 2 is 1.87 bits per heavy atom. The van der Waals surface area contributed by atoms with Crippen LogP contribution in [0.15, 0.2) is 36.7 Å². The van der Waals surface area contributed by atoms with Crippen molar-refractivity contribution in [1.82, 2.24) is 20.3 Å². The molecular weight excluding hydrogens is 295 g/mol. The van der Waals surface area contributed by atoms with Crippen molar-refractivity contribution < 1.29 is 9.18 Å². The predicted molar refractivity (Wildman–Crippen MR) is 84.1 cm³/mol. The molecule has 0 spiro atoms. The maximum absolute atomic E-state index is 13.1. The number of amides is 1. The number of hydrogen-bond acceptors (Lipinski definition) is 3. The molecule has 5 nitrogen and oxygen atoms in total. The van der Waals surface area contributed by atoms with Crippen LogP contribution < -0.4 is 5.32 Å². The number of hydrogen-bond donors (Lipinski definition) is 1. The van der Waals surface area contributed by atoms with Crippen LogP contribution in [-0.2, 0) is 16.8 Å². The molecule has 122 valence electrons. The Balaban J connectivity index is 1.72. The van der Waals surface area contributed by atoms with Gasteiger partial charge in [0.25, 0.3) is 0 Å². The van der Waals surface area contributed by atoms with E-state index in [1.165, 1.54) is 12.1 Å². The van der Waals surface area contributed by atoms with E-state index in [1.54, 1.807) is 29.3 Å². The van der Waals surface area contributed by atoms with Crippen molar-refractivity contribution in [3.8, 4) is 0 Å². The molecule has 0 radical (unpaired) electrons. The summed E-state index contributed by atoms with van der Waals surface area (Å²) in [4.78, 5) is 14.4. The van der Waals surface area contributed by atoms with E-state index in [9.17, 15) is 9.18 Å². The van der Waals surface area contributed by atoms with Gasteiger partial charge in [0.1, 0.15) is 5.82 Å². The molecule has 23 heavy (non-hydrogen) atoms. The van der Waals surface area contributed by atoms with Gasteiger partial charge in [0.2, 0.25) is 5.91 Å². The van der Waals surface area contributed by atoms with E-state index >= 15 is 0 Å². The molecule has 1 aliphatic rings. The molecule has 1 unspecified atom stereocenters. The molecule has 0 aliphatic heterocycles. The smallest absolute Gasteiger partial charge is 0.230 e. The first-order chi connectivity index (χ1) is 11.0. The molecule has 0 saturated heterocycles. The summed E-state index contributed by atoms with van der Waals surface area (Å²) in [6.45, 7) is 4.66. The zero-order valence-corrected chi connectivity index (χ0v) is 13.4. The number of carbonyl (C=O) groups is 1. The Kier molecular flexibility index (Phi) is 4.15. The highest BCUT2D eigenvalue weighted by Gasteiger charge is 2.51. The number of rotatable bonds is 6. The van der Waals surface area contributed by atoms with Gasteiger partial charge in [-0.3, -0.25) is 4.79 Å². The van der Waals surface area contributed by atoms with E-state index in [1.807, 2.05) is 0 Å². The van der Waals surface area contributed by atoms with Gasteiger partial charge in [0.05, 0.1) is 30.4 Å². The minimum absolute atomic E-state index is 0.00923. The molecule has 1 amide bonds. The molecule has 1 aromatic heterocycles. The first-order valence-corrected chi connectivity index (χ1v) is 7.92. The summed E-state index contributed by atoms with van der Waals surface area (Å²) < 4.78 is 13.1. The number of nitrogens with one attached hydrogen (secondary N) is 1. The van der Waals surface area contributed by atoms with Crippen molar-refractivity contribution in [1.29, 1.82) is 0 Å². The second kappa shape index (κ2) is 6.10. The van der Waals surface area contributed by atoms with Crippen LogP contribution in [-0.4, -0.2) is 26.9 Å². The van der Waals surface area contributed by atoms with Crippen LogP contribution in [0.25, 0.3) is 0 Å². The molecule has 1 heterocycles. The molecule has 1 N–H and O–H groups in total. The third kappa shape index (κ3) is 3.25. The molecular formula is C17H21FN4O. The van der Waals surface area contributed by atoms with E-state index in [0.29, 0.717) is 6.54 Å². The van der Waals surface area contributed by atoms with E-state index in [4.69, 9.17) is 0 Å². The van der Waals surface area contributed by atoms with E-state index in [-0.39, 0.29) is 23.7 Å². The summed E-state index contributed by atoms with van der Waals surface area (Å²) in [6, 6.07) is 6.20. The number of nitrogens with zero attached hydrogens (tertiary/aromatic N) is 3. The Morgan fingerprint density at radius 3 is 2.39 bits per heavy atom. The van der Waals surface area contributed by atoms with Crippen molar-refractivity contribution in [2.24, 2.45) is 5.92 Å². The third-order valence-corrected chi connectivity index (χ3v) is 4.53. The summed E-state index contributed by atoms with van der Waals surface area (Å²) >= 11 is 0. The predicted octanol–water partition coefficient (Wildman–Crippen LogP) is 2.29. The van der Waals surface area contributed by atoms with Crippen molar-refractivity contribution in [2.75, 3.05) is 0 Å². The fraction of sp³-hybridized carbons (Fsp3) is 0.471. The Morgan fingerprint density at radius 1 is 1.26 bits per heavy atom. The van der Waals surface area contributed by atoms with Crippen LogP contribution >= 0.6 is 0 Å². The minimum atomic E-state index is -0.502. The average molecular weight is 316 g/mol. The summed E-state index contributed by atoms with van der Waals surface area (Å²) in [5.74, 6) is -0.0151. The van der Waals surface area contributed by atoms with Crippen molar-refractivity contribution in [2.45, 2.75) is 44.7 Å². The number of carbonyl (C=O) groups excluding carboxylic acids is 1. The zero-order chi connectivity index (χ0) is 16.4. The molecule has 6 heteroatoms. The second-order valence-corrected chi connectivity index (χ2v) is 6.50. The van der Waals surface area contributed by atoms with Crippen LogP contribution in [0.3, 0.4) is 0 Å². The number of aromatic nitrogens is 3. The van der Waals surface area contributed by atoms with Gasteiger partial charge in [-0.2, -0.15) is 15.0 Å². The monoisotopic (exact) mass is 316 g/mol. The quantitative estimate of drug-likeness (QED) is 0.889. The molecule has 1 aliphatic carbocycles. The SMILES string of the molecule is CC(C)C(Cn1nccn1)NC(=O)C1(c2ccc(F)cc2)CC1. The fourth-order valence-electron chi connectivity index (χ4n) is 2.78. The number of benzene rings is 1. The minimum Gasteiger partial charge on any atom is -0.350 e. The van der Waals surface area contributed by atoms with Crippen LogP contribution in [0.5, 0.6) is 0 Å². The molecule has 3 rings (SSSR count). The Labute approximate surface area is 134 Å². The molecule has 1 saturated carbocycles. The molecule has 1 aromatic carbocycles. The van der Waals surface area contributed by atoms with Crippen molar-refractivity contribution >= 4 is 5.91 Å². The number of halogens is 1. The molecule has 0 bridgehead atoms. The van der Waals surface area contributed by atoms with Gasteiger partial charge in [-0.1, -0.05) is 26.0 Å². The summed E-state index contributed by atoms with van der Waals surface area (Å²) in [5, 5.41) is 11.3. The average Bonchev–Trinajstić information content (AvgIpc) is 3.18. The van der Waals surface area contributed by atoms with E-state index < -0.39 is 5.41 Å². The van der Waals surface area contributed by atoms with Crippen molar-refractivity contribution in [3.05, 3.63) is 48.0 Å². The highest BCUT2D eigenvalue weighted by molar-refractivity contribution is 5.91. The Hall–Kier alpha value is -2.24. The standard InChI is InChI=1S/C17H21FN4O/c1-12(2)15(11-22-19-9-10-20-22)21-16(23)17(7-8-17)13-3-5-14(18)6-4-13/h3-6,9-10,12,15H,7-8,11H2,1-2H3,(H,21,23). The third-order valence-electron chi connectivity index (χ3n) is 4.53. The lowest BCUT2D eigenvalue weighted by Crippen LogP contribution is -2.46. The van der Waals surface area contributed by atoms with Crippen LogP contribution in [0.4, 0.5) is 4.39 Å². The summed E-state index contributed by atoms with van der Waals surface area (Å²) in [6.07, 6.45) is 4.85. The van der Waals surface area contributed by atoms with Gasteiger partial charge in [-0.05, 0) is 36.5 Å². The van der Waals surface area contributed by atoms with Gasteiger partial charge in [-0.25, -0.2) is 4.39 Å². The maximum atomic E-state index is 13.1. The van der Waals surface area contributed by atoms with Crippen molar-refractivity contribution in [3.63, 3.8) is 0 Å². The zero-order valence-electron chi connectivity index (χ0n) is 13.4. The highest BCUT2D eigenvalue weighted by Crippen LogP contribution is 2.48. The van der Waals surface area contributed by atoms with Crippen LogP contribution in [0, 0.1) is 11.7 Å². The topological polar surface area (TPSA) is 59.8 Å². The van der Waals surface area contributed by atoms with Crippen LogP contribution in [0.1, 0.15) is 32.3 Å². The lowest BCUT2D eigenvalue weighted by Gasteiger charge is -2.25. The van der Waals surface area contributed by atoms with Gasteiger partial charge >= 0.3 is 0 Å². The maximum Gasteiger partial charge on any atom is 0.230 e. The largest absolute Gasteiger partial charge is 0.350 e. The Bertz CT molecular complexity index is 662. The first kappa shape index (κ1) is 15.6. The van der Waals surface area contributed by atoms with Crippen LogP contribution in [0.2, 0.25) is 0 Å². The van der Waals surface area contributed by atoms with Gasteiger partial charge in [0.15, 0.2) is 0 Å². The summed E-state index contributed by atoms with van der Waals surface area (Å²) in [5.41, 5.74) is 0.384. The van der Waals surface area contributed by atoms with Gasteiger partial charge < -0.3 is 5.32 Å². The highest BCUT2D eigenvalue weighted by atomic mass is 19.1. The van der Waals surface area contributed by atoms with E-state index in [2.05, 4.69) is 29.4 Å². The molecule has 2 aromatic rings. The van der Waals surface area contributed by atoms with Gasteiger partial charge in [0, 0.05) is 0 Å². The molecule has 1 atom stereocenters. The van der Waals surface area contributed by atoms with Gasteiger partial charge in [-0.15, -0.1) is 0 Å². The molecule has 1 fully saturated rings.